The molecule has 8 amide bonds. The van der Waals surface area contributed by atoms with Crippen molar-refractivity contribution >= 4 is 80.1 Å². The van der Waals surface area contributed by atoms with Crippen molar-refractivity contribution in [3.8, 4) is 5.75 Å². The quantitative estimate of drug-likeness (QED) is 0.0330. The fourth-order valence-electron chi connectivity index (χ4n) is 18.8. The van der Waals surface area contributed by atoms with Gasteiger partial charge in [-0.3, -0.25) is 0 Å². The predicted molar refractivity (Wildman–Crippen MR) is 525 cm³/mol. The number of carbonyl (C=O) groups is 4. The van der Waals surface area contributed by atoms with E-state index in [0.717, 1.165) is 136 Å². The fraction of sp³-hybridized carbons (Fsp3) is 0.505. The molecule has 18 nitrogen and oxygen atoms in total. The smallest absolute Gasteiger partial charge is 0.322 e. The summed E-state index contributed by atoms with van der Waals surface area (Å²) in [5.41, 5.74) is 9.87. The second-order valence-electron chi connectivity index (χ2n) is 35.7. The first-order valence-corrected chi connectivity index (χ1v) is 48.4. The minimum Gasteiger partial charge on any atom is -0.494 e. The molecule has 4 N–H and O–H groups in total. The highest BCUT2D eigenvalue weighted by Gasteiger charge is 2.35. The van der Waals surface area contributed by atoms with Crippen molar-refractivity contribution in [1.82, 2.24) is 39.2 Å². The van der Waals surface area contributed by atoms with Crippen molar-refractivity contribution in [2.24, 2.45) is 0 Å². The van der Waals surface area contributed by atoms with Gasteiger partial charge in [0.05, 0.1) is 17.8 Å². The Bertz CT molecular complexity index is 4490. The maximum Gasteiger partial charge on any atom is 0.322 e. The molecule has 8 aromatic rings. The summed E-state index contributed by atoms with van der Waals surface area (Å²) in [7, 11) is 5.44. The van der Waals surface area contributed by atoms with E-state index in [1.54, 1.807) is 12.1 Å². The van der Waals surface area contributed by atoms with Crippen LogP contribution in [0.3, 0.4) is 0 Å². The molecule has 4 unspecified atom stereocenters. The van der Waals surface area contributed by atoms with E-state index in [-0.39, 0.29) is 54.0 Å². The Hall–Kier alpha value is -9.02. The molecule has 5 fully saturated rings. The van der Waals surface area contributed by atoms with Crippen LogP contribution in [-0.4, -0.2) is 185 Å². The maximum absolute atomic E-state index is 14.1. The topological polar surface area (TPSA) is 155 Å². The summed E-state index contributed by atoms with van der Waals surface area (Å²) in [5, 5.41) is 12.8. The van der Waals surface area contributed by atoms with Crippen LogP contribution in [0, 0.1) is 5.82 Å². The Morgan fingerprint density at radius 2 is 0.738 bits per heavy atom. The molecule has 0 aromatic heterocycles. The van der Waals surface area contributed by atoms with Gasteiger partial charge in [0.15, 0.2) is 11.6 Å². The number of nitrogens with one attached hydrogen (secondary N) is 4. The van der Waals surface area contributed by atoms with E-state index in [1.807, 2.05) is 143 Å². The van der Waals surface area contributed by atoms with Gasteiger partial charge in [0.25, 0.3) is 0 Å². The Labute approximate surface area is 768 Å². The van der Waals surface area contributed by atoms with Crippen molar-refractivity contribution in [3.63, 3.8) is 0 Å². The van der Waals surface area contributed by atoms with Crippen molar-refractivity contribution < 1.29 is 28.3 Å². The molecule has 4 heterocycles. The van der Waals surface area contributed by atoms with E-state index in [4.69, 9.17) is 16.3 Å². The number of carbonyl (C=O) groups excluding carboxylic acids is 4. The first kappa shape index (κ1) is 99.1. The average molecular weight is 1800 g/mol. The molecule has 0 bridgehead atoms. The maximum atomic E-state index is 14.1. The molecule has 1 aliphatic carbocycles. The second-order valence-corrected chi connectivity index (χ2v) is 37.0. The molecule has 0 spiro atoms. The zero-order valence-electron chi connectivity index (χ0n) is 77.4. The molecule has 13 rings (SSSR count). The van der Waals surface area contributed by atoms with Crippen LogP contribution >= 0.6 is 27.5 Å². The van der Waals surface area contributed by atoms with Gasteiger partial charge < -0.3 is 70.1 Å². The summed E-state index contributed by atoms with van der Waals surface area (Å²) in [6.07, 6.45) is 24.3. The van der Waals surface area contributed by atoms with Gasteiger partial charge in [-0.1, -0.05) is 240 Å². The minimum absolute atomic E-state index is 0.0141. The molecule has 21 heteroatoms. The molecule has 4 aliphatic heterocycles. The Kier molecular flexibility index (Phi) is 41.3. The van der Waals surface area contributed by atoms with Gasteiger partial charge in [0.1, 0.15) is 0 Å². The number of rotatable bonds is 31. The Morgan fingerprint density at radius 1 is 0.405 bits per heavy atom. The monoisotopic (exact) mass is 1800 g/mol. The number of ether oxygens (including phenoxy) is 1. The number of hydrogen-bond acceptors (Lipinski definition) is 10. The molecular weight excluding hydrogens is 1660 g/mol. The molecule has 1 saturated carbocycles. The van der Waals surface area contributed by atoms with Crippen LogP contribution in [0.15, 0.2) is 211 Å². The third-order valence-corrected chi connectivity index (χ3v) is 27.1. The summed E-state index contributed by atoms with van der Waals surface area (Å²) >= 11 is 9.75. The molecule has 8 aromatic carbocycles. The van der Waals surface area contributed by atoms with Gasteiger partial charge in [-0.2, -0.15) is 0 Å². The summed E-state index contributed by atoms with van der Waals surface area (Å²) in [4.78, 5) is 73.8. The van der Waals surface area contributed by atoms with Gasteiger partial charge in [-0.05, 0) is 212 Å². The first-order chi connectivity index (χ1) is 61.1. The number of nitrogens with zero attached hydrogens (tertiary/aromatic N) is 9. The zero-order chi connectivity index (χ0) is 89.7. The number of likely N-dealkylation sites (tertiary alicyclic amines) is 4. The lowest BCUT2D eigenvalue weighted by atomic mass is 9.84. The van der Waals surface area contributed by atoms with Crippen molar-refractivity contribution in [2.45, 2.75) is 271 Å². The Balaban J connectivity index is 0.000000176. The number of benzene rings is 8. The van der Waals surface area contributed by atoms with Crippen LogP contribution in [0.5, 0.6) is 5.75 Å². The van der Waals surface area contributed by atoms with E-state index in [2.05, 4.69) is 190 Å². The van der Waals surface area contributed by atoms with Gasteiger partial charge in [-0.15, -0.1) is 0 Å². The lowest BCUT2D eigenvalue weighted by molar-refractivity contribution is 0.0987. The van der Waals surface area contributed by atoms with Gasteiger partial charge in [0, 0.05) is 174 Å². The molecular formula is C105H146BrClFN13O5. The summed E-state index contributed by atoms with van der Waals surface area (Å²) in [5.74, 6) is 0.356. The number of piperidine rings is 4. The highest BCUT2D eigenvalue weighted by atomic mass is 79.9. The van der Waals surface area contributed by atoms with Gasteiger partial charge in [-0.25, -0.2) is 23.6 Å². The molecule has 4 saturated heterocycles. The third kappa shape index (κ3) is 31.2. The number of halogens is 3. The first-order valence-electron chi connectivity index (χ1n) is 47.2. The minimum atomic E-state index is -0.492. The second kappa shape index (κ2) is 52.4. The Morgan fingerprint density at radius 3 is 1.06 bits per heavy atom. The highest BCUT2D eigenvalue weighted by molar-refractivity contribution is 9.10. The lowest BCUT2D eigenvalue weighted by Crippen LogP contribution is -2.50. The van der Waals surface area contributed by atoms with E-state index in [9.17, 15) is 23.6 Å². The summed E-state index contributed by atoms with van der Waals surface area (Å²) < 4.78 is 19.9. The van der Waals surface area contributed by atoms with E-state index in [1.165, 1.54) is 119 Å². The average Bonchev–Trinajstić information content (AvgIpc) is 0.833. The molecule has 682 valence electrons. The zero-order valence-corrected chi connectivity index (χ0v) is 79.7. The van der Waals surface area contributed by atoms with Crippen LogP contribution in [0.1, 0.15) is 224 Å². The largest absolute Gasteiger partial charge is 0.494 e. The van der Waals surface area contributed by atoms with Crippen LogP contribution < -0.4 is 30.9 Å². The van der Waals surface area contributed by atoms with Crippen LogP contribution in [0.4, 0.5) is 52.0 Å². The lowest BCUT2D eigenvalue weighted by Gasteiger charge is -2.40. The van der Waals surface area contributed by atoms with Crippen LogP contribution in [-0.2, 0) is 26.2 Å². The van der Waals surface area contributed by atoms with Crippen molar-refractivity contribution in [2.75, 3.05) is 99.7 Å². The number of amides is 8. The van der Waals surface area contributed by atoms with E-state index >= 15 is 0 Å². The third-order valence-electron chi connectivity index (χ3n) is 26.3. The number of methoxy groups -OCH3 is 1. The standard InChI is InChI=1S/C30H43N3O.C26H38N4O.C25H34FN3O2.C24H31BrClN3O/c1-3-10-24(2)32-21-19-29(20-22-32)33(23-25-11-6-4-7-12-25)30(34)31-28-17-15-27(16-18-28)26-13-8-5-9-14-26;1-5-10-21(2)29-17-15-24(16-18-29)30(20-22-11-7-6-8-12-22)26(31)27-23-13-9-14-25(19-23)28(3)4;1-4-8-19(2)28-15-13-22(14-16-28)29(18-20-9-6-5-7-10-20)25(30)27-21-11-12-24(31-3)23(26)17-21;1-3-7-18(2)28-14-12-21(13-15-28)29(17-19-8-5-4-6-9-19)24(30)27-23-11-10-20(25)16-22(23)26/h4,6-7,11-12,15-18,24,26,29H,3,5,8-10,13-14,19-23H2,1-2H3,(H,31,34);6-9,11-14,19,21,24H,5,10,15-18,20H2,1-4H3,(H,27,31);5-7,9-12,17,19,22H,4,8,13-16,18H2,1-3H3,(H,27,30);4-6,8-11,16,18,21H,3,7,12-15,17H2,1-2H3,(H,27,30). The normalized spacial score (nSPS) is 16.9. The predicted octanol–water partition coefficient (Wildman–Crippen LogP) is 25.2. The number of anilines is 5. The fourth-order valence-corrected chi connectivity index (χ4v) is 19.5. The molecule has 5 aliphatic rings. The van der Waals surface area contributed by atoms with Gasteiger partial charge in [0.2, 0.25) is 0 Å². The van der Waals surface area contributed by atoms with E-state index in [0.29, 0.717) is 72.7 Å². The summed E-state index contributed by atoms with van der Waals surface area (Å²) in [6, 6.07) is 70.6. The van der Waals surface area contributed by atoms with E-state index < -0.39 is 5.82 Å². The molecule has 4 atom stereocenters. The van der Waals surface area contributed by atoms with Gasteiger partial charge >= 0.3 is 24.1 Å². The molecule has 0 radical (unpaired) electrons. The van der Waals surface area contributed by atoms with Crippen LogP contribution in [0.25, 0.3) is 0 Å². The highest BCUT2D eigenvalue weighted by Crippen LogP contribution is 2.36. The molecule has 126 heavy (non-hydrogen) atoms. The SMILES string of the molecule is CCCC(C)N1CCC(N(Cc2ccccc2)C(=O)Nc2ccc(Br)cc2Cl)CC1.CCCC(C)N1CCC(N(Cc2ccccc2)C(=O)Nc2ccc(C3CCCCC3)cc2)CC1.CCCC(C)N1CCC(N(Cc2ccccc2)C(=O)Nc2ccc(OC)c(F)c2)CC1.CCCC(C)N1CCC(N(Cc2ccccc2)C(=O)Nc2cccc(N(C)C)c2)CC1. The van der Waals surface area contributed by atoms with Crippen molar-refractivity contribution in [3.05, 3.63) is 249 Å². The number of hydrogen-bond donors (Lipinski definition) is 4. The van der Waals surface area contributed by atoms with Crippen LogP contribution in [0.2, 0.25) is 5.02 Å². The number of urea groups is 4. The summed E-state index contributed by atoms with van der Waals surface area (Å²) in [6.45, 7) is 28.9. The van der Waals surface area contributed by atoms with Crippen molar-refractivity contribution in [1.29, 1.82) is 0 Å².